The summed E-state index contributed by atoms with van der Waals surface area (Å²) in [6.45, 7) is 2.49. The molecule has 3 aliphatic heterocycles. The highest BCUT2D eigenvalue weighted by atomic mass is 16.6. The molecular formula is C19H25N3O4. The summed E-state index contributed by atoms with van der Waals surface area (Å²) in [6.07, 6.45) is 4.45. The molecule has 3 heterocycles. The number of hydrogen-bond acceptors (Lipinski definition) is 4. The van der Waals surface area contributed by atoms with Gasteiger partial charge in [-0.3, -0.25) is 4.79 Å². The highest BCUT2D eigenvalue weighted by Gasteiger charge is 2.33. The van der Waals surface area contributed by atoms with E-state index in [4.69, 9.17) is 9.47 Å². The van der Waals surface area contributed by atoms with Crippen molar-refractivity contribution in [1.82, 2.24) is 15.5 Å². The molecule has 4 rings (SSSR count). The van der Waals surface area contributed by atoms with Crippen LogP contribution in [0, 0.1) is 0 Å². The van der Waals surface area contributed by atoms with Gasteiger partial charge < -0.3 is 25.0 Å². The normalized spacial score (nSPS) is 25.4. The van der Waals surface area contributed by atoms with Crippen LogP contribution in [0.25, 0.3) is 0 Å². The van der Waals surface area contributed by atoms with Gasteiger partial charge in [-0.05, 0) is 49.8 Å². The van der Waals surface area contributed by atoms with Gasteiger partial charge >= 0.3 is 6.03 Å². The van der Waals surface area contributed by atoms with Crippen molar-refractivity contribution in [2.75, 3.05) is 26.3 Å². The average molecular weight is 359 g/mol. The largest absolute Gasteiger partial charge is 0.486 e. The summed E-state index contributed by atoms with van der Waals surface area (Å²) in [5.41, 5.74) is 1.05. The van der Waals surface area contributed by atoms with E-state index in [9.17, 15) is 9.59 Å². The number of fused-ring (bicyclic) bond motifs is 1. The number of likely N-dealkylation sites (tertiary alicyclic amines) is 1. The maximum atomic E-state index is 12.8. The number of hydrogen-bond donors (Lipinski definition) is 2. The Morgan fingerprint density at radius 1 is 1.12 bits per heavy atom. The Kier molecular flexibility index (Phi) is 4.86. The lowest BCUT2D eigenvalue weighted by molar-refractivity contribution is -0.122. The molecule has 0 aliphatic carbocycles. The average Bonchev–Trinajstić information content (AvgIpc) is 3.07. The summed E-state index contributed by atoms with van der Waals surface area (Å²) in [5, 5.41) is 5.80. The Morgan fingerprint density at radius 3 is 2.85 bits per heavy atom. The van der Waals surface area contributed by atoms with Crippen molar-refractivity contribution >= 4 is 11.9 Å². The van der Waals surface area contributed by atoms with E-state index in [1.807, 2.05) is 23.1 Å². The lowest BCUT2D eigenvalue weighted by Crippen LogP contribution is -2.50. The fourth-order valence-corrected chi connectivity index (χ4v) is 3.93. The van der Waals surface area contributed by atoms with Gasteiger partial charge in [-0.1, -0.05) is 6.07 Å². The highest BCUT2D eigenvalue weighted by Crippen LogP contribution is 2.38. The molecule has 0 unspecified atom stereocenters. The van der Waals surface area contributed by atoms with E-state index in [0.29, 0.717) is 32.7 Å². The molecule has 1 aromatic carbocycles. The van der Waals surface area contributed by atoms with E-state index in [1.165, 1.54) is 0 Å². The van der Waals surface area contributed by atoms with Crippen LogP contribution in [0.2, 0.25) is 0 Å². The second-order valence-electron chi connectivity index (χ2n) is 7.04. The number of carbonyl (C=O) groups is 2. The van der Waals surface area contributed by atoms with Crippen LogP contribution < -0.4 is 20.1 Å². The van der Waals surface area contributed by atoms with Gasteiger partial charge in [0.25, 0.3) is 0 Å². The first-order valence-electron chi connectivity index (χ1n) is 9.47. The Balaban J connectivity index is 1.47. The first-order valence-corrected chi connectivity index (χ1v) is 9.47. The van der Waals surface area contributed by atoms with Crippen LogP contribution in [-0.4, -0.2) is 49.2 Å². The second-order valence-corrected chi connectivity index (χ2v) is 7.04. The molecule has 0 saturated carbocycles. The van der Waals surface area contributed by atoms with Crippen LogP contribution in [0.4, 0.5) is 4.79 Å². The topological polar surface area (TPSA) is 79.9 Å². The van der Waals surface area contributed by atoms with E-state index in [1.54, 1.807) is 0 Å². The SMILES string of the molecule is O=C1NCCCC[C@@H]1NC(=O)N1CCC[C@@H]1c1ccc2c(c1)OCCO2. The quantitative estimate of drug-likeness (QED) is 0.846. The molecule has 2 N–H and O–H groups in total. The van der Waals surface area contributed by atoms with E-state index in [0.717, 1.165) is 42.7 Å². The molecule has 7 heteroatoms. The summed E-state index contributed by atoms with van der Waals surface area (Å²) in [7, 11) is 0. The molecule has 140 valence electrons. The van der Waals surface area contributed by atoms with Crippen LogP contribution in [0.15, 0.2) is 18.2 Å². The third-order valence-electron chi connectivity index (χ3n) is 5.30. The first kappa shape index (κ1) is 17.0. The molecule has 0 aromatic heterocycles. The molecule has 1 aromatic rings. The van der Waals surface area contributed by atoms with Gasteiger partial charge in [-0.25, -0.2) is 4.79 Å². The minimum absolute atomic E-state index is 0.000309. The van der Waals surface area contributed by atoms with Crippen LogP contribution in [-0.2, 0) is 4.79 Å². The zero-order valence-electron chi connectivity index (χ0n) is 14.8. The number of carbonyl (C=O) groups excluding carboxylic acids is 2. The minimum atomic E-state index is -0.438. The summed E-state index contributed by atoms with van der Waals surface area (Å²) in [6, 6.07) is 5.29. The molecule has 7 nitrogen and oxygen atoms in total. The van der Waals surface area contributed by atoms with Gasteiger partial charge in [0.15, 0.2) is 11.5 Å². The monoisotopic (exact) mass is 359 g/mol. The lowest BCUT2D eigenvalue weighted by Gasteiger charge is -2.28. The lowest BCUT2D eigenvalue weighted by atomic mass is 10.0. The predicted molar refractivity (Wildman–Crippen MR) is 95.3 cm³/mol. The van der Waals surface area contributed by atoms with Crippen LogP contribution >= 0.6 is 0 Å². The Morgan fingerprint density at radius 2 is 1.96 bits per heavy atom. The Labute approximate surface area is 153 Å². The van der Waals surface area contributed by atoms with Crippen molar-refractivity contribution in [1.29, 1.82) is 0 Å². The first-order chi connectivity index (χ1) is 12.7. The van der Waals surface area contributed by atoms with Gasteiger partial charge in [-0.15, -0.1) is 0 Å². The summed E-state index contributed by atoms with van der Waals surface area (Å²) in [5.74, 6) is 1.42. The van der Waals surface area contributed by atoms with Gasteiger partial charge in [-0.2, -0.15) is 0 Å². The summed E-state index contributed by atoms with van der Waals surface area (Å²) < 4.78 is 11.2. The van der Waals surface area contributed by atoms with E-state index in [-0.39, 0.29) is 18.0 Å². The molecule has 0 bridgehead atoms. The number of ether oxygens (including phenoxy) is 2. The summed E-state index contributed by atoms with van der Waals surface area (Å²) in [4.78, 5) is 26.8. The number of benzene rings is 1. The van der Waals surface area contributed by atoms with Crippen LogP contribution in [0.3, 0.4) is 0 Å². The standard InChI is InChI=1S/C19H25N3O4/c23-18-14(4-1-2-8-20-18)21-19(24)22-9-3-5-15(22)13-6-7-16-17(12-13)26-11-10-25-16/h6-7,12,14-15H,1-5,8-11H2,(H,20,23)(H,21,24)/t14-,15+/m0/s1. The van der Waals surface area contributed by atoms with Crippen molar-refractivity contribution in [3.63, 3.8) is 0 Å². The zero-order chi connectivity index (χ0) is 17.9. The van der Waals surface area contributed by atoms with Crippen molar-refractivity contribution in [2.24, 2.45) is 0 Å². The summed E-state index contributed by atoms with van der Waals surface area (Å²) >= 11 is 0. The number of rotatable bonds is 2. The molecule has 26 heavy (non-hydrogen) atoms. The van der Waals surface area contributed by atoms with Crippen molar-refractivity contribution in [3.05, 3.63) is 23.8 Å². The van der Waals surface area contributed by atoms with E-state index < -0.39 is 6.04 Å². The third kappa shape index (κ3) is 3.43. The van der Waals surface area contributed by atoms with Gasteiger partial charge in [0.2, 0.25) is 5.91 Å². The van der Waals surface area contributed by atoms with Gasteiger partial charge in [0.05, 0.1) is 6.04 Å². The zero-order valence-corrected chi connectivity index (χ0v) is 14.8. The van der Waals surface area contributed by atoms with Crippen molar-refractivity contribution in [2.45, 2.75) is 44.2 Å². The van der Waals surface area contributed by atoms with Gasteiger partial charge in [0, 0.05) is 13.1 Å². The fraction of sp³-hybridized carbons (Fsp3) is 0.579. The predicted octanol–water partition coefficient (Wildman–Crippen LogP) is 1.97. The Bertz CT molecular complexity index is 693. The number of urea groups is 1. The molecule has 3 amide bonds. The number of amides is 3. The van der Waals surface area contributed by atoms with Crippen molar-refractivity contribution in [3.8, 4) is 11.5 Å². The minimum Gasteiger partial charge on any atom is -0.486 e. The smallest absolute Gasteiger partial charge is 0.318 e. The molecular weight excluding hydrogens is 334 g/mol. The maximum absolute atomic E-state index is 12.8. The maximum Gasteiger partial charge on any atom is 0.318 e. The van der Waals surface area contributed by atoms with E-state index in [2.05, 4.69) is 10.6 Å². The molecule has 0 radical (unpaired) electrons. The van der Waals surface area contributed by atoms with Crippen molar-refractivity contribution < 1.29 is 19.1 Å². The molecule has 2 atom stereocenters. The van der Waals surface area contributed by atoms with Crippen LogP contribution in [0.5, 0.6) is 11.5 Å². The molecule has 2 fully saturated rings. The fourth-order valence-electron chi connectivity index (χ4n) is 3.93. The van der Waals surface area contributed by atoms with Crippen LogP contribution in [0.1, 0.15) is 43.7 Å². The molecule has 0 spiro atoms. The number of nitrogens with one attached hydrogen (secondary N) is 2. The highest BCUT2D eigenvalue weighted by molar-refractivity contribution is 5.87. The number of nitrogens with zero attached hydrogens (tertiary/aromatic N) is 1. The molecule has 2 saturated heterocycles. The van der Waals surface area contributed by atoms with Gasteiger partial charge in [0.1, 0.15) is 19.3 Å². The second kappa shape index (κ2) is 7.43. The Hall–Kier alpha value is -2.44. The van der Waals surface area contributed by atoms with E-state index >= 15 is 0 Å². The molecule has 3 aliphatic rings. The third-order valence-corrected chi connectivity index (χ3v) is 5.30.